The Bertz CT molecular complexity index is 412. The van der Waals surface area contributed by atoms with Crippen LogP contribution in [0.2, 0.25) is 0 Å². The van der Waals surface area contributed by atoms with Gasteiger partial charge in [0.1, 0.15) is 5.69 Å². The molecule has 17 heavy (non-hydrogen) atoms. The molecular formula is C11H18N4O2. The van der Waals surface area contributed by atoms with Gasteiger partial charge in [-0.3, -0.25) is 14.3 Å². The predicted octanol–water partition coefficient (Wildman–Crippen LogP) is 0.0773. The lowest BCUT2D eigenvalue weighted by atomic mass is 10.3. The average molecular weight is 238 g/mol. The molecule has 0 aromatic carbocycles. The van der Waals surface area contributed by atoms with Gasteiger partial charge in [0, 0.05) is 13.1 Å². The van der Waals surface area contributed by atoms with Crippen molar-refractivity contribution in [2.45, 2.75) is 27.3 Å². The second-order valence-electron chi connectivity index (χ2n) is 3.62. The number of nitrogens with zero attached hydrogens (tertiary/aromatic N) is 2. The fourth-order valence-electron chi connectivity index (χ4n) is 1.48. The van der Waals surface area contributed by atoms with Gasteiger partial charge in [0.25, 0.3) is 5.91 Å². The summed E-state index contributed by atoms with van der Waals surface area (Å²) >= 11 is 0. The summed E-state index contributed by atoms with van der Waals surface area (Å²) in [6.45, 7) is 6.73. The zero-order chi connectivity index (χ0) is 12.8. The van der Waals surface area contributed by atoms with Crippen LogP contribution < -0.4 is 10.6 Å². The second-order valence-corrected chi connectivity index (χ2v) is 3.62. The molecule has 2 amide bonds. The summed E-state index contributed by atoms with van der Waals surface area (Å²) in [5.74, 6) is -0.473. The fraction of sp³-hybridized carbons (Fsp3) is 0.545. The number of hydrogen-bond acceptors (Lipinski definition) is 3. The van der Waals surface area contributed by atoms with E-state index in [0.29, 0.717) is 18.8 Å². The molecule has 0 radical (unpaired) electrons. The van der Waals surface area contributed by atoms with E-state index in [1.165, 1.54) is 0 Å². The summed E-state index contributed by atoms with van der Waals surface area (Å²) in [6, 6.07) is 1.70. The number of rotatable bonds is 5. The highest BCUT2D eigenvalue weighted by atomic mass is 16.2. The maximum Gasteiger partial charge on any atom is 0.269 e. The molecule has 2 N–H and O–H groups in total. The Kier molecular flexibility index (Phi) is 4.68. The number of nitrogens with one attached hydrogen (secondary N) is 2. The van der Waals surface area contributed by atoms with E-state index >= 15 is 0 Å². The van der Waals surface area contributed by atoms with Gasteiger partial charge in [0.05, 0.1) is 12.2 Å². The van der Waals surface area contributed by atoms with Gasteiger partial charge in [-0.05, 0) is 26.8 Å². The largest absolute Gasteiger partial charge is 0.355 e. The first-order valence-corrected chi connectivity index (χ1v) is 5.67. The molecular weight excluding hydrogens is 220 g/mol. The molecule has 0 saturated carbocycles. The van der Waals surface area contributed by atoms with Crippen molar-refractivity contribution in [3.8, 4) is 0 Å². The quantitative estimate of drug-likeness (QED) is 0.762. The molecule has 6 heteroatoms. The van der Waals surface area contributed by atoms with Crippen LogP contribution in [0.4, 0.5) is 0 Å². The maximum absolute atomic E-state index is 11.8. The highest BCUT2D eigenvalue weighted by Gasteiger charge is 2.13. The van der Waals surface area contributed by atoms with Gasteiger partial charge in [0.15, 0.2) is 0 Å². The number of hydrogen-bond donors (Lipinski definition) is 2. The molecule has 0 aliphatic heterocycles. The van der Waals surface area contributed by atoms with E-state index in [2.05, 4.69) is 15.7 Å². The van der Waals surface area contributed by atoms with Crippen LogP contribution >= 0.6 is 0 Å². The molecule has 6 nitrogen and oxygen atoms in total. The topological polar surface area (TPSA) is 76.0 Å². The summed E-state index contributed by atoms with van der Waals surface area (Å²) in [7, 11) is 0. The predicted molar refractivity (Wildman–Crippen MR) is 63.7 cm³/mol. The van der Waals surface area contributed by atoms with Crippen molar-refractivity contribution in [1.29, 1.82) is 0 Å². The SMILES string of the molecule is CCNC(=O)CNC(=O)c1cc(C)nn1CC. The Hall–Kier alpha value is -1.85. The van der Waals surface area contributed by atoms with Crippen molar-refractivity contribution in [1.82, 2.24) is 20.4 Å². The Morgan fingerprint density at radius 2 is 2.06 bits per heavy atom. The first-order valence-electron chi connectivity index (χ1n) is 5.67. The van der Waals surface area contributed by atoms with Crippen molar-refractivity contribution >= 4 is 11.8 Å². The van der Waals surface area contributed by atoms with Crippen molar-refractivity contribution < 1.29 is 9.59 Å². The number of carbonyl (C=O) groups is 2. The van der Waals surface area contributed by atoms with Gasteiger partial charge in [0.2, 0.25) is 5.91 Å². The zero-order valence-electron chi connectivity index (χ0n) is 10.4. The van der Waals surface area contributed by atoms with Crippen molar-refractivity contribution in [2.24, 2.45) is 0 Å². The monoisotopic (exact) mass is 238 g/mol. The van der Waals surface area contributed by atoms with Gasteiger partial charge in [-0.25, -0.2) is 0 Å². The maximum atomic E-state index is 11.8. The first kappa shape index (κ1) is 13.2. The minimum atomic E-state index is -0.279. The minimum absolute atomic E-state index is 0.0133. The van der Waals surface area contributed by atoms with E-state index in [1.54, 1.807) is 10.7 Å². The van der Waals surface area contributed by atoms with E-state index in [4.69, 9.17) is 0 Å². The lowest BCUT2D eigenvalue weighted by Gasteiger charge is -2.06. The second kappa shape index (κ2) is 6.03. The van der Waals surface area contributed by atoms with E-state index in [0.717, 1.165) is 5.69 Å². The summed E-state index contributed by atoms with van der Waals surface area (Å²) in [5.41, 5.74) is 1.27. The first-order chi connectivity index (χ1) is 8.08. The Morgan fingerprint density at radius 3 is 2.65 bits per heavy atom. The standard InChI is InChI=1S/C11H18N4O2/c1-4-12-10(16)7-13-11(17)9-6-8(3)14-15(9)5-2/h6H,4-5,7H2,1-3H3,(H,12,16)(H,13,17). The van der Waals surface area contributed by atoms with Crippen molar-refractivity contribution in [2.75, 3.05) is 13.1 Å². The Labute approximate surface area is 100 Å². The normalized spacial score (nSPS) is 10.1. The van der Waals surface area contributed by atoms with Gasteiger partial charge >= 0.3 is 0 Å². The summed E-state index contributed by atoms with van der Waals surface area (Å²) < 4.78 is 1.61. The highest BCUT2D eigenvalue weighted by Crippen LogP contribution is 2.03. The number of amides is 2. The van der Waals surface area contributed by atoms with Crippen LogP contribution in [0.1, 0.15) is 30.0 Å². The third-order valence-corrected chi connectivity index (χ3v) is 2.22. The van der Waals surface area contributed by atoms with Crippen molar-refractivity contribution in [3.63, 3.8) is 0 Å². The summed E-state index contributed by atoms with van der Waals surface area (Å²) in [5, 5.41) is 9.34. The molecule has 0 bridgehead atoms. The Morgan fingerprint density at radius 1 is 1.35 bits per heavy atom. The third kappa shape index (κ3) is 3.58. The van der Waals surface area contributed by atoms with Crippen LogP contribution in [0.25, 0.3) is 0 Å². The van der Waals surface area contributed by atoms with Crippen LogP contribution in [0, 0.1) is 6.92 Å². The third-order valence-electron chi connectivity index (χ3n) is 2.22. The molecule has 0 unspecified atom stereocenters. The fourth-order valence-corrected chi connectivity index (χ4v) is 1.48. The van der Waals surface area contributed by atoms with E-state index in [-0.39, 0.29) is 18.4 Å². The molecule has 1 aromatic heterocycles. The molecule has 94 valence electrons. The molecule has 0 spiro atoms. The zero-order valence-corrected chi connectivity index (χ0v) is 10.4. The lowest BCUT2D eigenvalue weighted by molar-refractivity contribution is -0.120. The van der Waals surface area contributed by atoms with Crippen LogP contribution in [-0.4, -0.2) is 34.7 Å². The molecule has 1 heterocycles. The smallest absolute Gasteiger partial charge is 0.269 e. The van der Waals surface area contributed by atoms with E-state index in [9.17, 15) is 9.59 Å². The number of likely N-dealkylation sites (N-methyl/N-ethyl adjacent to an activating group) is 1. The van der Waals surface area contributed by atoms with Crippen LogP contribution in [0.5, 0.6) is 0 Å². The Balaban J connectivity index is 2.60. The molecule has 0 fully saturated rings. The van der Waals surface area contributed by atoms with Gasteiger partial charge in [-0.1, -0.05) is 0 Å². The highest BCUT2D eigenvalue weighted by molar-refractivity contribution is 5.95. The summed E-state index contributed by atoms with van der Waals surface area (Å²) in [4.78, 5) is 23.0. The van der Waals surface area contributed by atoms with Crippen LogP contribution in [0.3, 0.4) is 0 Å². The number of carbonyl (C=O) groups excluding carboxylic acids is 2. The summed E-state index contributed by atoms with van der Waals surface area (Å²) in [6.07, 6.45) is 0. The average Bonchev–Trinajstić information content (AvgIpc) is 2.68. The van der Waals surface area contributed by atoms with Crippen LogP contribution in [-0.2, 0) is 11.3 Å². The molecule has 1 aromatic rings. The van der Waals surface area contributed by atoms with Gasteiger partial charge in [-0.2, -0.15) is 5.10 Å². The molecule has 0 aliphatic carbocycles. The molecule has 0 saturated heterocycles. The van der Waals surface area contributed by atoms with Crippen molar-refractivity contribution in [3.05, 3.63) is 17.5 Å². The number of aromatic nitrogens is 2. The lowest BCUT2D eigenvalue weighted by Crippen LogP contribution is -2.37. The van der Waals surface area contributed by atoms with Crippen LogP contribution in [0.15, 0.2) is 6.07 Å². The van der Waals surface area contributed by atoms with E-state index in [1.807, 2.05) is 20.8 Å². The number of aryl methyl sites for hydroxylation is 2. The molecule has 0 atom stereocenters. The van der Waals surface area contributed by atoms with Gasteiger partial charge < -0.3 is 10.6 Å². The van der Waals surface area contributed by atoms with Gasteiger partial charge in [-0.15, -0.1) is 0 Å². The molecule has 1 rings (SSSR count). The molecule has 0 aliphatic rings. The van der Waals surface area contributed by atoms with E-state index < -0.39 is 0 Å². The minimum Gasteiger partial charge on any atom is -0.355 e.